The van der Waals surface area contributed by atoms with Crippen LogP contribution in [0.2, 0.25) is 5.02 Å². The van der Waals surface area contributed by atoms with Crippen molar-refractivity contribution in [2.45, 2.75) is 32.7 Å². The highest BCUT2D eigenvalue weighted by Gasteiger charge is 2.21. The first-order valence-electron chi connectivity index (χ1n) is 6.95. The Bertz CT molecular complexity index is 814. The number of rotatable bonds is 4. The van der Waals surface area contributed by atoms with E-state index in [4.69, 9.17) is 11.6 Å². The molecular formula is C14H16ClN5O. The summed E-state index contributed by atoms with van der Waals surface area (Å²) in [6.07, 6.45) is 6.73. The summed E-state index contributed by atoms with van der Waals surface area (Å²) in [5.41, 5.74) is 2.75. The van der Waals surface area contributed by atoms with Gasteiger partial charge in [0, 0.05) is 29.6 Å². The van der Waals surface area contributed by atoms with Crippen LogP contribution in [0.3, 0.4) is 0 Å². The zero-order valence-corrected chi connectivity index (χ0v) is 12.6. The van der Waals surface area contributed by atoms with Crippen molar-refractivity contribution in [1.29, 1.82) is 0 Å². The van der Waals surface area contributed by atoms with E-state index in [9.17, 15) is 4.79 Å². The number of hydrogen-bond donors (Lipinski definition) is 2. The van der Waals surface area contributed by atoms with Crippen LogP contribution in [0, 0.1) is 0 Å². The molecule has 0 aliphatic heterocycles. The molecule has 3 rings (SSSR count). The van der Waals surface area contributed by atoms with Crippen LogP contribution in [-0.4, -0.2) is 24.7 Å². The summed E-state index contributed by atoms with van der Waals surface area (Å²) in [6.45, 7) is 4.13. The smallest absolute Gasteiger partial charge is 0.290 e. The van der Waals surface area contributed by atoms with Gasteiger partial charge in [0.1, 0.15) is 0 Å². The lowest BCUT2D eigenvalue weighted by atomic mass is 10.1. The van der Waals surface area contributed by atoms with Gasteiger partial charge >= 0.3 is 5.69 Å². The predicted octanol–water partition coefficient (Wildman–Crippen LogP) is 3.13. The minimum absolute atomic E-state index is 0.108. The molecule has 0 unspecified atom stereocenters. The van der Waals surface area contributed by atoms with Crippen LogP contribution in [0.25, 0.3) is 22.3 Å². The van der Waals surface area contributed by atoms with Gasteiger partial charge < -0.3 is 0 Å². The highest BCUT2D eigenvalue weighted by atomic mass is 35.5. The van der Waals surface area contributed by atoms with Crippen molar-refractivity contribution in [2.24, 2.45) is 0 Å². The molecule has 3 heterocycles. The zero-order chi connectivity index (χ0) is 15.0. The molecule has 0 saturated heterocycles. The lowest BCUT2D eigenvalue weighted by molar-refractivity contribution is 0.472. The second kappa shape index (κ2) is 5.37. The molecule has 21 heavy (non-hydrogen) atoms. The van der Waals surface area contributed by atoms with Crippen molar-refractivity contribution in [2.75, 3.05) is 0 Å². The maximum absolute atomic E-state index is 12.3. The Morgan fingerprint density at radius 2 is 2.10 bits per heavy atom. The second-order valence-corrected chi connectivity index (χ2v) is 5.34. The normalized spacial score (nSPS) is 11.6. The van der Waals surface area contributed by atoms with Crippen LogP contribution >= 0.6 is 11.6 Å². The molecule has 0 fully saturated rings. The van der Waals surface area contributed by atoms with Gasteiger partial charge in [0.2, 0.25) is 0 Å². The molecule has 0 aliphatic carbocycles. The predicted molar refractivity (Wildman–Crippen MR) is 82.6 cm³/mol. The minimum Gasteiger partial charge on any atom is -0.290 e. The highest BCUT2D eigenvalue weighted by molar-refractivity contribution is 6.34. The maximum atomic E-state index is 12.3. The van der Waals surface area contributed by atoms with Crippen molar-refractivity contribution in [3.8, 4) is 11.1 Å². The van der Waals surface area contributed by atoms with Crippen molar-refractivity contribution in [1.82, 2.24) is 24.7 Å². The quantitative estimate of drug-likeness (QED) is 0.777. The van der Waals surface area contributed by atoms with E-state index in [1.54, 1.807) is 23.2 Å². The molecule has 0 amide bonds. The lowest BCUT2D eigenvalue weighted by Crippen LogP contribution is -2.21. The van der Waals surface area contributed by atoms with Gasteiger partial charge in [-0.25, -0.2) is 9.78 Å². The Morgan fingerprint density at radius 3 is 2.71 bits per heavy atom. The molecule has 110 valence electrons. The van der Waals surface area contributed by atoms with Gasteiger partial charge in [0.15, 0.2) is 5.65 Å². The number of aromatic nitrogens is 5. The van der Waals surface area contributed by atoms with Crippen LogP contribution in [0.5, 0.6) is 0 Å². The fourth-order valence-electron chi connectivity index (χ4n) is 2.73. The maximum Gasteiger partial charge on any atom is 0.327 e. The Hall–Kier alpha value is -2.08. The van der Waals surface area contributed by atoms with Gasteiger partial charge in [0.05, 0.1) is 16.7 Å². The summed E-state index contributed by atoms with van der Waals surface area (Å²) >= 11 is 6.33. The van der Waals surface area contributed by atoms with Gasteiger partial charge in [-0.05, 0) is 12.8 Å². The molecule has 0 atom stereocenters. The average Bonchev–Trinajstić information content (AvgIpc) is 3.09. The highest BCUT2D eigenvalue weighted by Crippen LogP contribution is 2.34. The molecule has 0 saturated carbocycles. The molecule has 0 bridgehead atoms. The van der Waals surface area contributed by atoms with Crippen LogP contribution in [0.1, 0.15) is 32.7 Å². The third kappa shape index (κ3) is 2.15. The summed E-state index contributed by atoms with van der Waals surface area (Å²) < 4.78 is 1.76. The van der Waals surface area contributed by atoms with E-state index in [-0.39, 0.29) is 11.7 Å². The van der Waals surface area contributed by atoms with Crippen LogP contribution < -0.4 is 5.69 Å². The Kier molecular flexibility index (Phi) is 3.55. The van der Waals surface area contributed by atoms with Crippen molar-refractivity contribution >= 4 is 22.8 Å². The van der Waals surface area contributed by atoms with Crippen molar-refractivity contribution < 1.29 is 0 Å². The molecule has 0 spiro atoms. The number of pyridine rings is 1. The Labute approximate surface area is 126 Å². The third-order valence-electron chi connectivity index (χ3n) is 3.79. The first kappa shape index (κ1) is 13.9. The molecule has 3 aromatic rings. The van der Waals surface area contributed by atoms with Crippen LogP contribution in [0.15, 0.2) is 23.4 Å². The summed E-state index contributed by atoms with van der Waals surface area (Å²) in [5, 5.41) is 7.25. The van der Waals surface area contributed by atoms with Gasteiger partial charge in [-0.3, -0.25) is 14.6 Å². The van der Waals surface area contributed by atoms with Gasteiger partial charge in [-0.15, -0.1) is 0 Å². The monoisotopic (exact) mass is 305 g/mol. The fraction of sp³-hybridized carbons (Fsp3) is 0.357. The number of fused-ring (bicyclic) bond motifs is 1. The SMILES string of the molecule is CCC(CC)n1c(=O)[nH]c2ncc(Cl)c(-c3cn[nH]c3)c21. The Balaban J connectivity index is 2.41. The number of imidazole rings is 1. The molecule has 3 aromatic heterocycles. The van der Waals surface area contributed by atoms with E-state index >= 15 is 0 Å². The molecule has 7 heteroatoms. The van der Waals surface area contributed by atoms with E-state index in [0.717, 1.165) is 29.5 Å². The number of H-pyrrole nitrogens is 2. The van der Waals surface area contributed by atoms with E-state index in [0.29, 0.717) is 10.7 Å². The number of halogens is 1. The lowest BCUT2D eigenvalue weighted by Gasteiger charge is -2.16. The topological polar surface area (TPSA) is 79.4 Å². The first-order valence-corrected chi connectivity index (χ1v) is 7.33. The number of hydrogen-bond acceptors (Lipinski definition) is 3. The molecule has 0 aromatic carbocycles. The second-order valence-electron chi connectivity index (χ2n) is 4.94. The summed E-state index contributed by atoms with van der Waals surface area (Å²) in [5.74, 6) is 0. The number of nitrogens with zero attached hydrogens (tertiary/aromatic N) is 3. The third-order valence-corrected chi connectivity index (χ3v) is 4.07. The molecule has 6 nitrogen and oxygen atoms in total. The van der Waals surface area contributed by atoms with Crippen LogP contribution in [-0.2, 0) is 0 Å². The molecule has 0 aliphatic rings. The largest absolute Gasteiger partial charge is 0.327 e. The van der Waals surface area contributed by atoms with E-state index < -0.39 is 0 Å². The summed E-state index contributed by atoms with van der Waals surface area (Å²) in [6, 6.07) is 0.108. The van der Waals surface area contributed by atoms with E-state index in [2.05, 4.69) is 34.0 Å². The standard InChI is InChI=1S/C14H16ClN5O/c1-3-9(4-2)20-12-11(8-5-17-18-6-8)10(15)7-16-13(12)19-14(20)21/h5-7,9H,3-4H2,1-2H3,(H,17,18)(H,16,19,21). The molecular weight excluding hydrogens is 290 g/mol. The van der Waals surface area contributed by atoms with Gasteiger partial charge in [-0.2, -0.15) is 5.10 Å². The Morgan fingerprint density at radius 1 is 1.33 bits per heavy atom. The average molecular weight is 306 g/mol. The first-order chi connectivity index (χ1) is 10.2. The minimum atomic E-state index is -0.154. The molecule has 2 N–H and O–H groups in total. The zero-order valence-electron chi connectivity index (χ0n) is 11.9. The number of aromatic amines is 2. The van der Waals surface area contributed by atoms with Crippen molar-refractivity contribution in [3.05, 3.63) is 34.1 Å². The van der Waals surface area contributed by atoms with Crippen molar-refractivity contribution in [3.63, 3.8) is 0 Å². The fourth-order valence-corrected chi connectivity index (χ4v) is 2.98. The van der Waals surface area contributed by atoms with Gasteiger partial charge in [-0.1, -0.05) is 25.4 Å². The summed E-state index contributed by atoms with van der Waals surface area (Å²) in [7, 11) is 0. The molecule has 0 radical (unpaired) electrons. The van der Waals surface area contributed by atoms with Gasteiger partial charge in [0.25, 0.3) is 0 Å². The van der Waals surface area contributed by atoms with E-state index in [1.165, 1.54) is 0 Å². The summed E-state index contributed by atoms with van der Waals surface area (Å²) in [4.78, 5) is 19.4. The van der Waals surface area contributed by atoms with Crippen LogP contribution in [0.4, 0.5) is 0 Å². The van der Waals surface area contributed by atoms with E-state index in [1.807, 2.05) is 0 Å². The number of nitrogens with one attached hydrogen (secondary N) is 2.